The smallest absolute Gasteiger partial charge is 0.133 e. The van der Waals surface area contributed by atoms with Crippen LogP contribution in [0.1, 0.15) is 29.7 Å². The summed E-state index contributed by atoms with van der Waals surface area (Å²) in [5, 5.41) is 9.86. The van der Waals surface area contributed by atoms with Gasteiger partial charge in [-0.25, -0.2) is 4.98 Å². The molecule has 0 bridgehead atoms. The molecule has 0 spiro atoms. The third kappa shape index (κ3) is 3.48. The Balaban J connectivity index is 2.20. The molecule has 1 aliphatic carbocycles. The summed E-state index contributed by atoms with van der Waals surface area (Å²) in [5.41, 5.74) is 9.44. The van der Waals surface area contributed by atoms with Crippen LogP contribution in [0.5, 0.6) is 0 Å². The summed E-state index contributed by atoms with van der Waals surface area (Å²) in [6, 6.07) is 2.19. The van der Waals surface area contributed by atoms with Crippen molar-refractivity contribution in [3.8, 4) is 0 Å². The van der Waals surface area contributed by atoms with Gasteiger partial charge in [0.25, 0.3) is 0 Å². The molecular weight excluding hydrogens is 254 g/mol. The largest absolute Gasteiger partial charge is 0.389 e. The number of aliphatic hydroxyl groups is 1. The van der Waals surface area contributed by atoms with E-state index in [0.717, 1.165) is 24.2 Å². The summed E-state index contributed by atoms with van der Waals surface area (Å²) in [5.74, 6) is 0.892. The minimum atomic E-state index is -0.520. The summed E-state index contributed by atoms with van der Waals surface area (Å²) in [6.45, 7) is 1.29. The van der Waals surface area contributed by atoms with E-state index in [4.69, 9.17) is 15.5 Å². The van der Waals surface area contributed by atoms with Crippen molar-refractivity contribution < 1.29 is 9.84 Å². The number of likely N-dealkylation sites (N-methyl/N-ethyl adjacent to an activating group) is 1. The number of pyridine rings is 1. The molecule has 3 N–H and O–H groups in total. The van der Waals surface area contributed by atoms with Crippen molar-refractivity contribution in [3.05, 3.63) is 22.9 Å². The zero-order chi connectivity index (χ0) is 14.5. The lowest BCUT2D eigenvalue weighted by Crippen LogP contribution is -2.33. The predicted octanol–water partition coefficient (Wildman–Crippen LogP) is 0.863. The molecule has 0 amide bonds. The molecule has 0 aliphatic heterocycles. The fourth-order valence-corrected chi connectivity index (χ4v) is 2.80. The molecule has 1 aromatic heterocycles. The highest BCUT2D eigenvalue weighted by Crippen LogP contribution is 2.26. The van der Waals surface area contributed by atoms with Crippen LogP contribution in [-0.4, -0.2) is 43.5 Å². The van der Waals surface area contributed by atoms with Crippen LogP contribution in [0.15, 0.2) is 6.07 Å². The molecule has 20 heavy (non-hydrogen) atoms. The third-order valence-corrected chi connectivity index (χ3v) is 3.78. The van der Waals surface area contributed by atoms with E-state index < -0.39 is 6.10 Å². The first-order valence-corrected chi connectivity index (χ1v) is 7.25. The van der Waals surface area contributed by atoms with Crippen molar-refractivity contribution in [1.29, 1.82) is 0 Å². The van der Waals surface area contributed by atoms with Crippen molar-refractivity contribution in [3.63, 3.8) is 0 Å². The Morgan fingerprint density at radius 3 is 2.90 bits per heavy atom. The van der Waals surface area contributed by atoms with Crippen molar-refractivity contribution in [2.24, 2.45) is 5.73 Å². The second-order valence-corrected chi connectivity index (χ2v) is 5.48. The summed E-state index contributed by atoms with van der Waals surface area (Å²) in [7, 11) is 3.53. The quantitative estimate of drug-likeness (QED) is 0.808. The summed E-state index contributed by atoms with van der Waals surface area (Å²) in [6.07, 6.45) is 4.07. The van der Waals surface area contributed by atoms with Gasteiger partial charge in [0.05, 0.1) is 12.7 Å². The molecule has 0 fully saturated rings. The second kappa shape index (κ2) is 7.02. The van der Waals surface area contributed by atoms with Crippen molar-refractivity contribution in [1.82, 2.24) is 4.98 Å². The zero-order valence-corrected chi connectivity index (χ0v) is 12.4. The minimum absolute atomic E-state index is 0.327. The molecule has 0 saturated carbocycles. The topological polar surface area (TPSA) is 71.6 Å². The molecule has 1 aliphatic rings. The summed E-state index contributed by atoms with van der Waals surface area (Å²) < 4.78 is 4.97. The SMILES string of the molecule is COCC(O)CN(C)c1nc2c(cc1CN)CCCC2. The Labute approximate surface area is 120 Å². The van der Waals surface area contributed by atoms with Gasteiger partial charge in [0.2, 0.25) is 0 Å². The van der Waals surface area contributed by atoms with E-state index in [9.17, 15) is 5.11 Å². The highest BCUT2D eigenvalue weighted by molar-refractivity contribution is 5.50. The zero-order valence-electron chi connectivity index (χ0n) is 12.4. The standard InChI is InChI=1S/C15H25N3O2/c1-18(9-13(19)10-20-2)15-12(8-16)7-11-5-3-4-6-14(11)17-15/h7,13,19H,3-6,8-10,16H2,1-2H3. The van der Waals surface area contributed by atoms with Gasteiger partial charge in [-0.2, -0.15) is 0 Å². The van der Waals surface area contributed by atoms with Gasteiger partial charge < -0.3 is 20.5 Å². The molecule has 112 valence electrons. The maximum Gasteiger partial charge on any atom is 0.133 e. The molecule has 0 radical (unpaired) electrons. The number of hydrogen-bond acceptors (Lipinski definition) is 5. The van der Waals surface area contributed by atoms with Gasteiger partial charge in [0, 0.05) is 38.5 Å². The number of aryl methyl sites for hydroxylation is 2. The highest BCUT2D eigenvalue weighted by atomic mass is 16.5. The van der Waals surface area contributed by atoms with Crippen molar-refractivity contribution in [2.45, 2.75) is 38.3 Å². The lowest BCUT2D eigenvalue weighted by molar-refractivity contribution is 0.0694. The van der Waals surface area contributed by atoms with Crippen LogP contribution in [0.4, 0.5) is 5.82 Å². The number of rotatable bonds is 6. The number of aromatic nitrogens is 1. The number of ether oxygens (including phenoxy) is 1. The van der Waals surface area contributed by atoms with Crippen molar-refractivity contribution in [2.75, 3.05) is 32.2 Å². The van der Waals surface area contributed by atoms with E-state index >= 15 is 0 Å². The van der Waals surface area contributed by atoms with Crippen LogP contribution in [0.2, 0.25) is 0 Å². The van der Waals surface area contributed by atoms with Crippen molar-refractivity contribution >= 4 is 5.82 Å². The number of fused-ring (bicyclic) bond motifs is 1. The highest BCUT2D eigenvalue weighted by Gasteiger charge is 2.18. The molecule has 1 unspecified atom stereocenters. The molecule has 5 nitrogen and oxygen atoms in total. The average Bonchev–Trinajstić information content (AvgIpc) is 2.45. The van der Waals surface area contributed by atoms with Gasteiger partial charge in [-0.1, -0.05) is 0 Å². The molecule has 0 saturated heterocycles. The van der Waals surface area contributed by atoms with Gasteiger partial charge in [-0.3, -0.25) is 0 Å². The molecule has 5 heteroatoms. The Morgan fingerprint density at radius 1 is 1.45 bits per heavy atom. The summed E-state index contributed by atoms with van der Waals surface area (Å²) in [4.78, 5) is 6.76. The van der Waals surface area contributed by atoms with Crippen LogP contribution in [0, 0.1) is 0 Å². The first kappa shape index (κ1) is 15.2. The van der Waals surface area contributed by atoms with Gasteiger partial charge in [0.15, 0.2) is 0 Å². The molecule has 1 heterocycles. The number of methoxy groups -OCH3 is 1. The fraction of sp³-hybridized carbons (Fsp3) is 0.667. The Morgan fingerprint density at radius 2 is 2.20 bits per heavy atom. The van der Waals surface area contributed by atoms with E-state index in [0.29, 0.717) is 19.7 Å². The van der Waals surface area contributed by atoms with Gasteiger partial charge in [-0.05, 0) is 37.3 Å². The molecule has 1 aromatic rings. The first-order valence-electron chi connectivity index (χ1n) is 7.25. The van der Waals surface area contributed by atoms with Crippen LogP contribution >= 0.6 is 0 Å². The Kier molecular flexibility index (Phi) is 5.34. The number of anilines is 1. The van der Waals surface area contributed by atoms with Crippen LogP contribution in [0.3, 0.4) is 0 Å². The van der Waals surface area contributed by atoms with Crippen LogP contribution in [-0.2, 0) is 24.1 Å². The lowest BCUT2D eigenvalue weighted by Gasteiger charge is -2.26. The minimum Gasteiger partial charge on any atom is -0.389 e. The molecular formula is C15H25N3O2. The monoisotopic (exact) mass is 279 g/mol. The van der Waals surface area contributed by atoms with E-state index in [1.807, 2.05) is 11.9 Å². The Hall–Kier alpha value is -1.17. The fourth-order valence-electron chi connectivity index (χ4n) is 2.80. The molecule has 2 rings (SSSR count). The van der Waals surface area contributed by atoms with E-state index in [1.165, 1.54) is 24.1 Å². The third-order valence-electron chi connectivity index (χ3n) is 3.78. The van der Waals surface area contributed by atoms with Crippen LogP contribution in [0.25, 0.3) is 0 Å². The number of aliphatic hydroxyl groups excluding tert-OH is 1. The average molecular weight is 279 g/mol. The van der Waals surface area contributed by atoms with Crippen LogP contribution < -0.4 is 10.6 Å². The maximum atomic E-state index is 9.86. The number of nitrogens with two attached hydrogens (primary N) is 1. The molecule has 1 atom stereocenters. The molecule has 0 aromatic carbocycles. The first-order chi connectivity index (χ1) is 9.65. The van der Waals surface area contributed by atoms with Gasteiger partial charge in [-0.15, -0.1) is 0 Å². The van der Waals surface area contributed by atoms with E-state index in [1.54, 1.807) is 7.11 Å². The second-order valence-electron chi connectivity index (χ2n) is 5.48. The Bertz CT molecular complexity index is 451. The predicted molar refractivity (Wildman–Crippen MR) is 79.9 cm³/mol. The lowest BCUT2D eigenvalue weighted by atomic mass is 9.94. The maximum absolute atomic E-state index is 9.86. The number of hydrogen-bond donors (Lipinski definition) is 2. The van der Waals surface area contributed by atoms with E-state index in [-0.39, 0.29) is 0 Å². The number of nitrogens with zero attached hydrogens (tertiary/aromatic N) is 2. The van der Waals surface area contributed by atoms with Gasteiger partial charge in [0.1, 0.15) is 5.82 Å². The summed E-state index contributed by atoms with van der Waals surface area (Å²) >= 11 is 0. The van der Waals surface area contributed by atoms with E-state index in [2.05, 4.69) is 6.07 Å². The van der Waals surface area contributed by atoms with Gasteiger partial charge >= 0.3 is 0 Å². The normalized spacial score (nSPS) is 15.8.